The first-order valence-corrected chi connectivity index (χ1v) is 12.4. The van der Waals surface area contributed by atoms with E-state index in [1.54, 1.807) is 24.5 Å². The van der Waals surface area contributed by atoms with Crippen LogP contribution >= 0.6 is 27.3 Å². The molecule has 0 atom stereocenters. The van der Waals surface area contributed by atoms with Gasteiger partial charge in [-0.05, 0) is 24.6 Å². The molecule has 0 aliphatic heterocycles. The fourth-order valence-corrected chi connectivity index (χ4v) is 5.47. The van der Waals surface area contributed by atoms with Gasteiger partial charge in [-0.25, -0.2) is 19.7 Å². The number of hydrogen-bond donors (Lipinski definition) is 0. The topological polar surface area (TPSA) is 113 Å². The highest BCUT2D eigenvalue weighted by Gasteiger charge is 2.22. The molecule has 0 unspecified atom stereocenters. The predicted molar refractivity (Wildman–Crippen MR) is 137 cm³/mol. The summed E-state index contributed by atoms with van der Waals surface area (Å²) < 4.78 is 7.65. The zero-order valence-electron chi connectivity index (χ0n) is 19.0. The van der Waals surface area contributed by atoms with Crippen molar-refractivity contribution in [3.8, 4) is 0 Å². The van der Waals surface area contributed by atoms with E-state index >= 15 is 0 Å². The van der Waals surface area contributed by atoms with Crippen LogP contribution in [-0.4, -0.2) is 45.7 Å². The number of thiazole rings is 1. The highest BCUT2D eigenvalue weighted by molar-refractivity contribution is 9.10. The molecule has 0 N–H and O–H groups in total. The molecule has 0 saturated carbocycles. The lowest BCUT2D eigenvalue weighted by Crippen LogP contribution is -2.39. The molecule has 1 aromatic carbocycles. The molecule has 11 nitrogen and oxygen atoms in total. The fourth-order valence-electron chi connectivity index (χ4n) is 3.91. The Hall–Kier alpha value is -3.58. The predicted octanol–water partition coefficient (Wildman–Crippen LogP) is 2.13. The van der Waals surface area contributed by atoms with Gasteiger partial charge in [-0.15, -0.1) is 0 Å². The van der Waals surface area contributed by atoms with E-state index in [2.05, 4.69) is 30.9 Å². The minimum Gasteiger partial charge on any atom is -0.337 e. The van der Waals surface area contributed by atoms with E-state index in [4.69, 9.17) is 0 Å². The van der Waals surface area contributed by atoms with Gasteiger partial charge in [-0.2, -0.15) is 0 Å². The maximum Gasteiger partial charge on any atom is 0.332 e. The van der Waals surface area contributed by atoms with Crippen molar-refractivity contribution in [1.29, 1.82) is 0 Å². The van der Waals surface area contributed by atoms with Gasteiger partial charge in [0, 0.05) is 44.1 Å². The van der Waals surface area contributed by atoms with Crippen molar-refractivity contribution >= 4 is 59.7 Å². The Morgan fingerprint density at radius 1 is 1.17 bits per heavy atom. The maximum absolute atomic E-state index is 13.6. The van der Waals surface area contributed by atoms with E-state index in [0.717, 1.165) is 19.3 Å². The van der Waals surface area contributed by atoms with Crippen LogP contribution in [-0.2, 0) is 32.0 Å². The van der Waals surface area contributed by atoms with Crippen LogP contribution in [0.2, 0.25) is 0 Å². The molecule has 4 heterocycles. The Bertz CT molecular complexity index is 1660. The standard InChI is InChI=1S/C22H21BrN8O3S/c1-27-19-18(20(33)28(2)22(27)34)30(13-25-19)11-17(32)31(8-3-7-29-9-6-24-12-29)21-26-15-5-4-14(23)10-16(15)35-21/h4-6,9-10,12-13H,3,7-8,11H2,1-2H3. The number of aromatic nitrogens is 7. The van der Waals surface area contributed by atoms with Crippen molar-refractivity contribution in [2.75, 3.05) is 11.4 Å². The van der Waals surface area contributed by atoms with Crippen LogP contribution in [0.1, 0.15) is 6.42 Å². The van der Waals surface area contributed by atoms with Gasteiger partial charge in [0.2, 0.25) is 5.91 Å². The number of rotatable bonds is 7. The number of carbonyl (C=O) groups excluding carboxylic acids is 1. The summed E-state index contributed by atoms with van der Waals surface area (Å²) in [6, 6.07) is 5.79. The van der Waals surface area contributed by atoms with Crippen LogP contribution in [0.15, 0.2) is 57.3 Å². The van der Waals surface area contributed by atoms with E-state index in [1.165, 1.54) is 33.8 Å². The number of carbonyl (C=O) groups is 1. The number of aryl methyl sites for hydroxylation is 2. The van der Waals surface area contributed by atoms with Crippen LogP contribution < -0.4 is 16.1 Å². The zero-order valence-corrected chi connectivity index (χ0v) is 21.4. The number of hydrogen-bond acceptors (Lipinski definition) is 7. The van der Waals surface area contributed by atoms with Gasteiger partial charge >= 0.3 is 5.69 Å². The van der Waals surface area contributed by atoms with E-state index in [0.29, 0.717) is 24.6 Å². The Morgan fingerprint density at radius 3 is 2.77 bits per heavy atom. The molecule has 5 aromatic rings. The molecule has 0 saturated heterocycles. The van der Waals surface area contributed by atoms with Gasteiger partial charge in [0.15, 0.2) is 16.3 Å². The minimum absolute atomic E-state index is 0.116. The molecule has 5 rings (SSSR count). The molecule has 0 bridgehead atoms. The Morgan fingerprint density at radius 2 is 2.00 bits per heavy atom. The minimum atomic E-state index is -0.495. The average Bonchev–Trinajstić information content (AvgIpc) is 3.58. The van der Waals surface area contributed by atoms with Crippen LogP contribution in [0, 0.1) is 0 Å². The first-order chi connectivity index (χ1) is 16.8. The Labute approximate surface area is 211 Å². The lowest BCUT2D eigenvalue weighted by molar-refractivity contribution is -0.119. The number of benzene rings is 1. The van der Waals surface area contributed by atoms with Crippen molar-refractivity contribution in [2.45, 2.75) is 19.5 Å². The summed E-state index contributed by atoms with van der Waals surface area (Å²) in [5.41, 5.74) is 0.278. The van der Waals surface area contributed by atoms with Crippen molar-refractivity contribution in [1.82, 2.24) is 33.2 Å². The fraction of sp³-hybridized carbons (Fsp3) is 0.273. The first kappa shape index (κ1) is 23.2. The monoisotopic (exact) mass is 556 g/mol. The molecular weight excluding hydrogens is 536 g/mol. The number of nitrogens with zero attached hydrogens (tertiary/aromatic N) is 8. The van der Waals surface area contributed by atoms with E-state index in [1.807, 2.05) is 29.0 Å². The van der Waals surface area contributed by atoms with E-state index in [-0.39, 0.29) is 23.6 Å². The number of anilines is 1. The molecule has 0 radical (unpaired) electrons. The molecule has 1 amide bonds. The summed E-state index contributed by atoms with van der Waals surface area (Å²) in [6.07, 6.45) is 7.43. The number of amides is 1. The normalized spacial score (nSPS) is 11.5. The summed E-state index contributed by atoms with van der Waals surface area (Å²) in [4.78, 5) is 53.2. The second kappa shape index (κ2) is 9.23. The lowest BCUT2D eigenvalue weighted by Gasteiger charge is -2.20. The van der Waals surface area contributed by atoms with Gasteiger partial charge in [0.25, 0.3) is 5.56 Å². The van der Waals surface area contributed by atoms with Gasteiger partial charge in [0.1, 0.15) is 6.54 Å². The van der Waals surface area contributed by atoms with Gasteiger partial charge in [0.05, 0.1) is 22.9 Å². The SMILES string of the molecule is Cn1c(=O)c2c(ncn2CC(=O)N(CCCn2ccnc2)c2nc3ccc(Br)cc3s2)n(C)c1=O. The van der Waals surface area contributed by atoms with Gasteiger partial charge < -0.3 is 9.13 Å². The highest BCUT2D eigenvalue weighted by atomic mass is 79.9. The third-order valence-corrected chi connectivity index (χ3v) is 7.29. The summed E-state index contributed by atoms with van der Waals surface area (Å²) >= 11 is 4.91. The molecule has 0 spiro atoms. The summed E-state index contributed by atoms with van der Waals surface area (Å²) in [5, 5.41) is 0.582. The van der Waals surface area contributed by atoms with Gasteiger partial charge in [-0.1, -0.05) is 27.3 Å². The van der Waals surface area contributed by atoms with Crippen LogP contribution in [0.3, 0.4) is 0 Å². The summed E-state index contributed by atoms with van der Waals surface area (Å²) in [5.74, 6) is -0.232. The van der Waals surface area contributed by atoms with Crippen molar-refractivity contribution in [3.63, 3.8) is 0 Å². The molecule has 180 valence electrons. The first-order valence-electron chi connectivity index (χ1n) is 10.8. The van der Waals surface area contributed by atoms with E-state index < -0.39 is 11.2 Å². The van der Waals surface area contributed by atoms with Crippen LogP contribution in [0.4, 0.5) is 5.13 Å². The largest absolute Gasteiger partial charge is 0.337 e. The Balaban J connectivity index is 1.48. The van der Waals surface area contributed by atoms with Crippen molar-refractivity contribution in [3.05, 3.63) is 68.6 Å². The van der Waals surface area contributed by atoms with Gasteiger partial charge in [-0.3, -0.25) is 23.6 Å². The molecule has 4 aromatic heterocycles. The highest BCUT2D eigenvalue weighted by Crippen LogP contribution is 2.31. The second-order valence-electron chi connectivity index (χ2n) is 8.06. The summed E-state index contributed by atoms with van der Waals surface area (Å²) in [6.45, 7) is 1.01. The molecule has 13 heteroatoms. The molecular formula is C22H21BrN8O3S. The lowest BCUT2D eigenvalue weighted by atomic mass is 10.3. The molecule has 0 fully saturated rings. The number of fused-ring (bicyclic) bond motifs is 2. The third kappa shape index (κ3) is 4.32. The molecule has 0 aliphatic rings. The van der Waals surface area contributed by atoms with Crippen molar-refractivity contribution < 1.29 is 4.79 Å². The average molecular weight is 557 g/mol. The van der Waals surface area contributed by atoms with Crippen molar-refractivity contribution in [2.24, 2.45) is 14.1 Å². The van der Waals surface area contributed by atoms with Crippen LogP contribution in [0.25, 0.3) is 21.4 Å². The number of halogens is 1. The maximum atomic E-state index is 13.6. The smallest absolute Gasteiger partial charge is 0.332 e. The van der Waals surface area contributed by atoms with Crippen LogP contribution in [0.5, 0.6) is 0 Å². The second-order valence-corrected chi connectivity index (χ2v) is 9.98. The molecule has 0 aliphatic carbocycles. The van der Waals surface area contributed by atoms with E-state index in [9.17, 15) is 14.4 Å². The Kier molecular flexibility index (Phi) is 6.11. The number of imidazole rings is 2. The molecule has 35 heavy (non-hydrogen) atoms. The zero-order chi connectivity index (χ0) is 24.7. The quantitative estimate of drug-likeness (QED) is 0.303. The summed E-state index contributed by atoms with van der Waals surface area (Å²) in [7, 11) is 2.95. The third-order valence-electron chi connectivity index (χ3n) is 5.75.